The van der Waals surface area contributed by atoms with Crippen molar-refractivity contribution in [2.24, 2.45) is 0 Å². The topological polar surface area (TPSA) is 103 Å². The molecule has 1 aliphatic heterocycles. The quantitative estimate of drug-likeness (QED) is 0.445. The summed E-state index contributed by atoms with van der Waals surface area (Å²) >= 11 is 0. The van der Waals surface area contributed by atoms with E-state index in [9.17, 15) is 23.6 Å². The largest absolute Gasteiger partial charge is 0.358 e. The van der Waals surface area contributed by atoms with Gasteiger partial charge in [0.05, 0.1) is 16.8 Å². The first-order chi connectivity index (χ1) is 17.6. The van der Waals surface area contributed by atoms with Crippen LogP contribution in [0.25, 0.3) is 11.6 Å². The average Bonchev–Trinajstić information content (AvgIpc) is 3.28. The number of H-pyrrole nitrogens is 1. The molecule has 0 unspecified atom stereocenters. The van der Waals surface area contributed by atoms with Crippen molar-refractivity contribution in [2.75, 3.05) is 31.1 Å². The summed E-state index contributed by atoms with van der Waals surface area (Å²) in [5.74, 6) is -1.79. The van der Waals surface area contributed by atoms with E-state index >= 15 is 0 Å². The van der Waals surface area contributed by atoms with Gasteiger partial charge in [-0.1, -0.05) is 13.8 Å². The molecule has 2 heterocycles. The number of anilines is 1. The number of likely N-dealkylation sites (N-methyl/N-ethyl adjacent to an activating group) is 1. The highest BCUT2D eigenvalue weighted by Crippen LogP contribution is 2.39. The molecule has 3 rings (SSSR count). The molecule has 0 spiro atoms. The van der Waals surface area contributed by atoms with Crippen molar-refractivity contribution in [3.63, 3.8) is 0 Å². The van der Waals surface area contributed by atoms with Crippen LogP contribution in [0.2, 0.25) is 0 Å². The lowest BCUT2D eigenvalue weighted by molar-refractivity contribution is -0.123. The zero-order valence-corrected chi connectivity index (χ0v) is 22.2. The molecule has 8 nitrogen and oxygen atoms in total. The Hall–Kier alpha value is -3.59. The van der Waals surface area contributed by atoms with Gasteiger partial charge in [-0.25, -0.2) is 9.29 Å². The number of carbonyl (C=O) groups excluding carboxylic acids is 4. The van der Waals surface area contributed by atoms with Crippen LogP contribution < -0.4 is 10.2 Å². The number of Topliss-reactive ketones (excluding diaryl/α,β-unsaturated/α-hetero) is 1. The van der Waals surface area contributed by atoms with E-state index in [2.05, 4.69) is 29.0 Å². The number of carbonyl (C=O) groups is 4. The zero-order chi connectivity index (χ0) is 27.3. The SMILES string of the molecule is CCN(CC)CCNC(=O)c1c(C)[nH]c(/C=C2\C(=O)N(C(=O)CCCC(C)=O)c3ccc(F)cc32)c1C. The molecule has 37 heavy (non-hydrogen) atoms. The van der Waals surface area contributed by atoms with E-state index in [1.54, 1.807) is 19.9 Å². The highest BCUT2D eigenvalue weighted by atomic mass is 19.1. The van der Waals surface area contributed by atoms with Crippen molar-refractivity contribution >= 4 is 40.8 Å². The first-order valence-corrected chi connectivity index (χ1v) is 12.7. The standard InChI is InChI=1S/C28H35FN4O4/c1-6-32(7-2)14-13-30-27(36)26-18(4)23(31-19(26)5)16-22-21-15-20(29)11-12-24(21)33(28(22)37)25(35)10-8-9-17(3)34/h11-12,15-16,31H,6-10,13-14H2,1-5H3,(H,30,36)/b22-16-. The lowest BCUT2D eigenvalue weighted by Gasteiger charge is -2.18. The van der Waals surface area contributed by atoms with Crippen molar-refractivity contribution in [1.29, 1.82) is 0 Å². The molecule has 1 aromatic heterocycles. The number of halogens is 1. The Labute approximate surface area is 216 Å². The molecule has 2 N–H and O–H groups in total. The second kappa shape index (κ2) is 12.1. The summed E-state index contributed by atoms with van der Waals surface area (Å²) in [6, 6.07) is 3.84. The first kappa shape index (κ1) is 28.0. The minimum absolute atomic E-state index is 0.0217. The number of aromatic nitrogens is 1. The van der Waals surface area contributed by atoms with Gasteiger partial charge in [0.15, 0.2) is 0 Å². The second-order valence-corrected chi connectivity index (χ2v) is 9.26. The molecule has 1 aliphatic rings. The number of nitrogens with one attached hydrogen (secondary N) is 2. The third-order valence-electron chi connectivity index (χ3n) is 6.69. The minimum Gasteiger partial charge on any atom is -0.358 e. The summed E-state index contributed by atoms with van der Waals surface area (Å²) in [6.07, 6.45) is 2.16. The average molecular weight is 511 g/mol. The Balaban J connectivity index is 1.89. The van der Waals surface area contributed by atoms with Crippen molar-refractivity contribution in [1.82, 2.24) is 15.2 Å². The predicted octanol–water partition coefficient (Wildman–Crippen LogP) is 4.02. The number of aryl methyl sites for hydroxylation is 1. The molecule has 0 bridgehead atoms. The molecule has 0 saturated heterocycles. The van der Waals surface area contributed by atoms with Gasteiger partial charge >= 0.3 is 0 Å². The summed E-state index contributed by atoms with van der Waals surface area (Å²) in [5, 5.41) is 2.95. The minimum atomic E-state index is -0.565. The third-order valence-corrected chi connectivity index (χ3v) is 6.69. The number of fused-ring (bicyclic) bond motifs is 1. The van der Waals surface area contributed by atoms with E-state index in [4.69, 9.17) is 0 Å². The van der Waals surface area contributed by atoms with Gasteiger partial charge in [-0.15, -0.1) is 0 Å². The maximum absolute atomic E-state index is 14.2. The molecule has 3 amide bonds. The molecule has 0 saturated carbocycles. The number of nitrogens with zero attached hydrogens (tertiary/aromatic N) is 2. The fourth-order valence-corrected chi connectivity index (χ4v) is 4.61. The number of amides is 3. The molecule has 9 heteroatoms. The van der Waals surface area contributed by atoms with Crippen LogP contribution in [0, 0.1) is 19.7 Å². The monoisotopic (exact) mass is 510 g/mol. The Morgan fingerprint density at radius 2 is 1.84 bits per heavy atom. The summed E-state index contributed by atoms with van der Waals surface area (Å²) in [4.78, 5) is 56.9. The molecule has 0 atom stereocenters. The first-order valence-electron chi connectivity index (χ1n) is 12.7. The van der Waals surface area contributed by atoms with Crippen molar-refractivity contribution in [3.05, 3.63) is 52.1 Å². The van der Waals surface area contributed by atoms with Crippen molar-refractivity contribution < 1.29 is 23.6 Å². The number of aromatic amines is 1. The summed E-state index contributed by atoms with van der Waals surface area (Å²) in [7, 11) is 0. The van der Waals surface area contributed by atoms with Gasteiger partial charge in [0.2, 0.25) is 5.91 Å². The van der Waals surface area contributed by atoms with Gasteiger partial charge in [0.25, 0.3) is 11.8 Å². The van der Waals surface area contributed by atoms with Gasteiger partial charge in [0, 0.05) is 42.9 Å². The van der Waals surface area contributed by atoms with E-state index in [-0.39, 0.29) is 30.1 Å². The fraction of sp³-hybridized carbons (Fsp3) is 0.429. The van der Waals surface area contributed by atoms with E-state index in [1.165, 1.54) is 25.1 Å². The number of hydrogen-bond acceptors (Lipinski definition) is 5. The molecule has 2 aromatic rings. The lowest BCUT2D eigenvalue weighted by Crippen LogP contribution is -2.35. The number of rotatable bonds is 11. The molecule has 1 aromatic carbocycles. The summed E-state index contributed by atoms with van der Waals surface area (Å²) in [5.41, 5.74) is 3.10. The maximum atomic E-state index is 14.2. The highest BCUT2D eigenvalue weighted by molar-refractivity contribution is 6.42. The van der Waals surface area contributed by atoms with Gasteiger partial charge < -0.3 is 20.0 Å². The van der Waals surface area contributed by atoms with Gasteiger partial charge in [-0.3, -0.25) is 14.4 Å². The molecule has 0 fully saturated rings. The lowest BCUT2D eigenvalue weighted by atomic mass is 10.0. The van der Waals surface area contributed by atoms with Crippen LogP contribution in [0.15, 0.2) is 18.2 Å². The fourth-order valence-electron chi connectivity index (χ4n) is 4.61. The zero-order valence-electron chi connectivity index (χ0n) is 22.2. The van der Waals surface area contributed by atoms with Gasteiger partial charge in [0.1, 0.15) is 11.6 Å². The van der Waals surface area contributed by atoms with Crippen molar-refractivity contribution in [3.8, 4) is 0 Å². The van der Waals surface area contributed by atoms with Crippen LogP contribution in [0.4, 0.5) is 10.1 Å². The van der Waals surface area contributed by atoms with Gasteiger partial charge in [-0.05, 0) is 70.1 Å². The number of ketones is 1. The molecule has 0 aliphatic carbocycles. The van der Waals surface area contributed by atoms with Crippen LogP contribution in [0.1, 0.15) is 72.9 Å². The van der Waals surface area contributed by atoms with Crippen molar-refractivity contribution in [2.45, 2.75) is 53.9 Å². The van der Waals surface area contributed by atoms with Gasteiger partial charge in [-0.2, -0.15) is 0 Å². The third kappa shape index (κ3) is 6.22. The number of hydrogen-bond donors (Lipinski definition) is 2. The second-order valence-electron chi connectivity index (χ2n) is 9.26. The molecule has 198 valence electrons. The van der Waals surface area contributed by atoms with Crippen LogP contribution in [-0.2, 0) is 14.4 Å². The predicted molar refractivity (Wildman–Crippen MR) is 142 cm³/mol. The van der Waals surface area contributed by atoms with E-state index in [0.717, 1.165) is 24.5 Å². The maximum Gasteiger partial charge on any atom is 0.265 e. The van der Waals surface area contributed by atoms with E-state index in [0.29, 0.717) is 46.7 Å². The highest BCUT2D eigenvalue weighted by Gasteiger charge is 2.37. The van der Waals surface area contributed by atoms with Crippen LogP contribution in [0.5, 0.6) is 0 Å². The molecule has 0 radical (unpaired) electrons. The van der Waals surface area contributed by atoms with E-state index < -0.39 is 17.6 Å². The van der Waals surface area contributed by atoms with Crippen LogP contribution >= 0.6 is 0 Å². The smallest absolute Gasteiger partial charge is 0.265 e. The normalized spacial score (nSPS) is 14.0. The Morgan fingerprint density at radius 3 is 2.49 bits per heavy atom. The Bertz CT molecular complexity index is 1240. The van der Waals surface area contributed by atoms with Crippen LogP contribution in [-0.4, -0.2) is 59.6 Å². The van der Waals surface area contributed by atoms with Crippen LogP contribution in [0.3, 0.4) is 0 Å². The molecular weight excluding hydrogens is 475 g/mol. The molecular formula is C28H35FN4O4. The number of imide groups is 1. The summed E-state index contributed by atoms with van der Waals surface area (Å²) in [6.45, 7) is 12.2. The number of benzene rings is 1. The Kier molecular flexibility index (Phi) is 9.15. The Morgan fingerprint density at radius 1 is 1.14 bits per heavy atom. The summed E-state index contributed by atoms with van der Waals surface area (Å²) < 4.78 is 14.2. The van der Waals surface area contributed by atoms with E-state index in [1.807, 2.05) is 0 Å².